The number of halogens is 3. The molecular formula is C30H28F3N5O7. The van der Waals surface area contributed by atoms with Crippen molar-refractivity contribution in [2.75, 3.05) is 20.7 Å². The van der Waals surface area contributed by atoms with Crippen molar-refractivity contribution in [3.8, 4) is 5.75 Å². The third-order valence-corrected chi connectivity index (χ3v) is 6.92. The van der Waals surface area contributed by atoms with Gasteiger partial charge in [0.1, 0.15) is 24.8 Å². The van der Waals surface area contributed by atoms with Crippen LogP contribution in [0.5, 0.6) is 5.75 Å². The Bertz CT molecular complexity index is 1750. The first-order valence-corrected chi connectivity index (χ1v) is 13.5. The van der Waals surface area contributed by atoms with Gasteiger partial charge in [-0.1, -0.05) is 12.1 Å². The number of benzene rings is 2. The topological polar surface area (TPSA) is 143 Å². The quantitative estimate of drug-likeness (QED) is 0.162. The first-order valence-electron chi connectivity index (χ1n) is 13.5. The minimum Gasteiger partial charge on any atom is -0.619 e. The number of amides is 3. The molecule has 45 heavy (non-hydrogen) atoms. The molecule has 0 bridgehead atoms. The van der Waals surface area contributed by atoms with Crippen LogP contribution >= 0.6 is 0 Å². The Morgan fingerprint density at radius 2 is 1.62 bits per heavy atom. The van der Waals surface area contributed by atoms with Crippen LogP contribution in [0.3, 0.4) is 0 Å². The number of alkyl halides is 3. The van der Waals surface area contributed by atoms with E-state index in [1.807, 2.05) is 34.3 Å². The van der Waals surface area contributed by atoms with Crippen molar-refractivity contribution in [3.05, 3.63) is 94.7 Å². The predicted molar refractivity (Wildman–Crippen MR) is 148 cm³/mol. The van der Waals surface area contributed by atoms with Gasteiger partial charge in [0.25, 0.3) is 23.5 Å². The van der Waals surface area contributed by atoms with E-state index >= 15 is 0 Å². The van der Waals surface area contributed by atoms with Gasteiger partial charge in [0, 0.05) is 26.2 Å². The Morgan fingerprint density at radius 1 is 1.00 bits per heavy atom. The lowest BCUT2D eigenvalue weighted by Gasteiger charge is -2.13. The zero-order valence-corrected chi connectivity index (χ0v) is 24.4. The van der Waals surface area contributed by atoms with Crippen LogP contribution in [-0.2, 0) is 29.2 Å². The molecule has 3 heterocycles. The first-order chi connectivity index (χ1) is 21.2. The normalized spacial score (nSPS) is 12.5. The number of likely N-dealkylation sites (N-methyl/N-ethyl adjacent to an activating group) is 1. The summed E-state index contributed by atoms with van der Waals surface area (Å²) in [6.45, 7) is 2.84. The molecule has 1 aliphatic rings. The van der Waals surface area contributed by atoms with E-state index < -0.39 is 12.1 Å². The van der Waals surface area contributed by atoms with Crippen LogP contribution in [0, 0.1) is 5.21 Å². The fourth-order valence-corrected chi connectivity index (χ4v) is 4.74. The number of nitrogens with zero attached hydrogens (tertiary/aromatic N) is 5. The Labute approximate surface area is 254 Å². The van der Waals surface area contributed by atoms with Gasteiger partial charge in [-0.2, -0.15) is 17.9 Å². The molecule has 1 aliphatic heterocycles. The van der Waals surface area contributed by atoms with E-state index in [9.17, 15) is 32.8 Å². The summed E-state index contributed by atoms with van der Waals surface area (Å²) in [5.41, 5.74) is 3.20. The SMILES string of the molecule is CCn1c(CN2C(=O)c3ccccc3C2=O)[n+](Cc2ccc[n+]([O-])c2)c2ccc(OCC(=O)N(C)C)cc21.O=C([O-])C(F)(F)F. The predicted octanol–water partition coefficient (Wildman–Crippen LogP) is 1.19. The number of rotatable bonds is 8. The highest BCUT2D eigenvalue weighted by molar-refractivity contribution is 6.21. The van der Waals surface area contributed by atoms with Crippen molar-refractivity contribution in [3.63, 3.8) is 0 Å². The lowest BCUT2D eigenvalue weighted by atomic mass is 10.1. The number of fused-ring (bicyclic) bond motifs is 2. The van der Waals surface area contributed by atoms with Crippen LogP contribution in [-0.4, -0.2) is 64.9 Å². The minimum absolute atomic E-state index is 0.0500. The van der Waals surface area contributed by atoms with E-state index in [0.717, 1.165) is 27.2 Å². The molecule has 0 aliphatic carbocycles. The van der Waals surface area contributed by atoms with Gasteiger partial charge in [0.2, 0.25) is 0 Å². The summed E-state index contributed by atoms with van der Waals surface area (Å²) in [4.78, 5) is 49.9. The van der Waals surface area contributed by atoms with Crippen molar-refractivity contribution < 1.29 is 51.5 Å². The summed E-state index contributed by atoms with van der Waals surface area (Å²) in [6.07, 6.45) is -2.28. The Hall–Kier alpha value is -5.47. The number of ether oxygens (including phenoxy) is 1. The summed E-state index contributed by atoms with van der Waals surface area (Å²) in [7, 11) is 3.33. The molecule has 236 valence electrons. The maximum Gasteiger partial charge on any atom is 0.430 e. The molecule has 12 nitrogen and oxygen atoms in total. The van der Waals surface area contributed by atoms with Crippen LogP contribution in [0.4, 0.5) is 13.2 Å². The van der Waals surface area contributed by atoms with E-state index in [4.69, 9.17) is 14.6 Å². The molecule has 0 atom stereocenters. The molecule has 2 aromatic carbocycles. The fourth-order valence-electron chi connectivity index (χ4n) is 4.74. The average molecular weight is 628 g/mol. The largest absolute Gasteiger partial charge is 0.619 e. The number of carboxylic acids is 1. The van der Waals surface area contributed by atoms with Gasteiger partial charge >= 0.3 is 6.18 Å². The van der Waals surface area contributed by atoms with Crippen molar-refractivity contribution in [1.29, 1.82) is 0 Å². The fraction of sp³-hybridized carbons (Fsp3) is 0.267. The summed E-state index contributed by atoms with van der Waals surface area (Å²) in [6, 6.07) is 15.9. The molecule has 0 N–H and O–H groups in total. The van der Waals surface area contributed by atoms with Crippen LogP contribution in [0.2, 0.25) is 0 Å². The molecule has 0 spiro atoms. The zero-order chi connectivity index (χ0) is 33.1. The monoisotopic (exact) mass is 627 g/mol. The second-order valence-corrected chi connectivity index (χ2v) is 10.1. The molecule has 5 rings (SSSR count). The highest BCUT2D eigenvalue weighted by Gasteiger charge is 2.39. The minimum atomic E-state index is -5.19. The van der Waals surface area contributed by atoms with Crippen molar-refractivity contribution in [2.45, 2.75) is 32.7 Å². The van der Waals surface area contributed by atoms with Crippen LogP contribution in [0.15, 0.2) is 67.0 Å². The number of imide groups is 1. The van der Waals surface area contributed by atoms with Crippen molar-refractivity contribution >= 4 is 34.7 Å². The first kappa shape index (κ1) is 32.4. The molecule has 15 heteroatoms. The molecule has 0 fully saturated rings. The highest BCUT2D eigenvalue weighted by Crippen LogP contribution is 2.27. The summed E-state index contributed by atoms with van der Waals surface area (Å²) in [5, 5.41) is 20.7. The van der Waals surface area contributed by atoms with Gasteiger partial charge in [0.05, 0.1) is 23.2 Å². The van der Waals surface area contributed by atoms with Gasteiger partial charge in [-0.3, -0.25) is 19.3 Å². The number of carbonyl (C=O) groups is 4. The molecule has 4 aromatic rings. The van der Waals surface area contributed by atoms with E-state index in [0.29, 0.717) is 30.0 Å². The average Bonchev–Trinajstić information content (AvgIpc) is 3.41. The summed E-state index contributed by atoms with van der Waals surface area (Å²) < 4.78 is 42.1. The van der Waals surface area contributed by atoms with E-state index in [1.165, 1.54) is 22.2 Å². The number of hydrogen-bond donors (Lipinski definition) is 0. The second kappa shape index (κ2) is 13.0. The highest BCUT2D eigenvalue weighted by atomic mass is 19.4. The Kier molecular flexibility index (Phi) is 9.40. The lowest BCUT2D eigenvalue weighted by molar-refractivity contribution is -0.674. The van der Waals surface area contributed by atoms with Crippen LogP contribution in [0.1, 0.15) is 39.0 Å². The molecule has 0 unspecified atom stereocenters. The van der Waals surface area contributed by atoms with E-state index in [-0.39, 0.29) is 30.9 Å². The second-order valence-electron chi connectivity index (χ2n) is 10.1. The van der Waals surface area contributed by atoms with Gasteiger partial charge in [-0.25, -0.2) is 9.13 Å². The number of hydrogen-bond acceptors (Lipinski definition) is 7. The van der Waals surface area contributed by atoms with E-state index in [1.54, 1.807) is 50.5 Å². The molecule has 0 saturated heterocycles. The molecule has 2 aromatic heterocycles. The van der Waals surface area contributed by atoms with Crippen molar-refractivity contribution in [2.24, 2.45) is 0 Å². The molecule has 3 amide bonds. The smallest absolute Gasteiger partial charge is 0.430 e. The number of pyridine rings is 1. The third kappa shape index (κ3) is 7.03. The Balaban J connectivity index is 0.000000591. The molecule has 0 radical (unpaired) electrons. The number of aliphatic carboxylic acids is 1. The summed E-state index contributed by atoms with van der Waals surface area (Å²) in [5.74, 6) is -2.60. The number of carboxylic acid groups (broad SMARTS) is 1. The van der Waals surface area contributed by atoms with Crippen molar-refractivity contribution in [1.82, 2.24) is 14.4 Å². The van der Waals surface area contributed by atoms with Crippen LogP contribution in [0.25, 0.3) is 11.0 Å². The maximum absolute atomic E-state index is 13.2. The lowest BCUT2D eigenvalue weighted by Crippen LogP contribution is -2.43. The van der Waals surface area contributed by atoms with Gasteiger partial charge in [-0.15, -0.1) is 0 Å². The van der Waals surface area contributed by atoms with Gasteiger partial charge in [0.15, 0.2) is 30.0 Å². The van der Waals surface area contributed by atoms with E-state index in [2.05, 4.69) is 0 Å². The third-order valence-electron chi connectivity index (χ3n) is 6.92. The van der Waals surface area contributed by atoms with Gasteiger partial charge < -0.3 is 24.7 Å². The number of imidazole rings is 1. The maximum atomic E-state index is 13.2. The molecule has 0 saturated carbocycles. The van der Waals surface area contributed by atoms with Gasteiger partial charge in [-0.05, 0) is 37.3 Å². The standard InChI is InChI=1S/C28H28N5O5.C2HF3O2/c1-4-31-24-14-20(38-18-26(34)29(2)3)11-12-23(24)32(16-19-8-7-13-30(37)15-19)25(31)17-33-27(35)21-9-5-6-10-22(21)28(33)36;3-2(4,5)1(6)7/h5-15H,4,16-18H2,1-3H3;(H,6,7)/q+1;/p-1. The summed E-state index contributed by atoms with van der Waals surface area (Å²) >= 11 is 0. The zero-order valence-electron chi connectivity index (χ0n) is 24.4. The number of aromatic nitrogens is 3. The molecular weight excluding hydrogens is 599 g/mol. The van der Waals surface area contributed by atoms with Crippen LogP contribution < -0.4 is 19.1 Å². The number of carbonyl (C=O) groups excluding carboxylic acids is 4. The Morgan fingerprint density at radius 3 is 2.16 bits per heavy atom. The number of aryl methyl sites for hydroxylation is 1.